The van der Waals surface area contributed by atoms with Gasteiger partial charge in [0.2, 0.25) is 5.91 Å². The number of aryl methyl sites for hydroxylation is 1. The first-order chi connectivity index (χ1) is 12.6. The Kier molecular flexibility index (Phi) is 6.16. The van der Waals surface area contributed by atoms with Crippen molar-refractivity contribution >= 4 is 22.9 Å². The Morgan fingerprint density at radius 3 is 2.58 bits per heavy atom. The summed E-state index contributed by atoms with van der Waals surface area (Å²) in [5, 5.41) is 2.11. The molecule has 1 aromatic carbocycles. The smallest absolute Gasteiger partial charge is 0.236 e. The summed E-state index contributed by atoms with van der Waals surface area (Å²) >= 11 is 1.76. The second kappa shape index (κ2) is 8.56. The molecule has 2 aromatic rings. The van der Waals surface area contributed by atoms with Crippen molar-refractivity contribution in [2.75, 3.05) is 51.8 Å². The van der Waals surface area contributed by atoms with E-state index in [1.165, 1.54) is 10.4 Å². The fraction of sp³-hybridized carbons (Fsp3) is 0.450. The van der Waals surface area contributed by atoms with Crippen LogP contribution in [0.4, 0.5) is 5.69 Å². The average molecular weight is 374 g/mol. The van der Waals surface area contributed by atoms with Gasteiger partial charge in [0.05, 0.1) is 19.3 Å². The molecule has 0 bridgehead atoms. The van der Waals surface area contributed by atoms with Crippen LogP contribution < -0.4 is 9.64 Å². The van der Waals surface area contributed by atoms with Crippen LogP contribution >= 0.6 is 11.3 Å². The summed E-state index contributed by atoms with van der Waals surface area (Å²) in [6, 6.07) is 10.2. The van der Waals surface area contributed by atoms with Gasteiger partial charge in [-0.2, -0.15) is 0 Å². The van der Waals surface area contributed by atoms with Crippen molar-refractivity contribution < 1.29 is 9.53 Å². The predicted molar refractivity (Wildman–Crippen MR) is 107 cm³/mol. The number of ether oxygens (including phenoxy) is 1. The highest BCUT2D eigenvalue weighted by atomic mass is 32.1. The van der Waals surface area contributed by atoms with Crippen molar-refractivity contribution in [2.45, 2.75) is 13.5 Å². The molecule has 0 unspecified atom stereocenters. The van der Waals surface area contributed by atoms with E-state index in [4.69, 9.17) is 4.74 Å². The Hall–Kier alpha value is -2.05. The second-order valence-electron chi connectivity index (χ2n) is 6.74. The highest BCUT2D eigenvalue weighted by Gasteiger charge is 2.23. The summed E-state index contributed by atoms with van der Waals surface area (Å²) < 4.78 is 5.46. The van der Waals surface area contributed by atoms with Crippen LogP contribution in [-0.2, 0) is 11.3 Å². The molecule has 6 heteroatoms. The summed E-state index contributed by atoms with van der Waals surface area (Å²) in [5.41, 5.74) is 2.41. The van der Waals surface area contributed by atoms with E-state index >= 15 is 0 Å². The van der Waals surface area contributed by atoms with Gasteiger partial charge in [-0.25, -0.2) is 0 Å². The van der Waals surface area contributed by atoms with Crippen LogP contribution in [0.1, 0.15) is 10.4 Å². The van der Waals surface area contributed by atoms with Gasteiger partial charge >= 0.3 is 0 Å². The summed E-state index contributed by atoms with van der Waals surface area (Å²) in [4.78, 5) is 20.3. The van der Waals surface area contributed by atoms with Crippen LogP contribution in [0.25, 0.3) is 0 Å². The van der Waals surface area contributed by atoms with Crippen molar-refractivity contribution in [3.8, 4) is 5.75 Å². The molecular weight excluding hydrogens is 346 g/mol. The lowest BCUT2D eigenvalue weighted by molar-refractivity contribution is -0.132. The molecule has 0 atom stereocenters. The van der Waals surface area contributed by atoms with E-state index in [0.29, 0.717) is 6.54 Å². The van der Waals surface area contributed by atoms with Gasteiger partial charge in [0.15, 0.2) is 0 Å². The summed E-state index contributed by atoms with van der Waals surface area (Å²) in [6.45, 7) is 6.59. The van der Waals surface area contributed by atoms with E-state index in [2.05, 4.69) is 34.2 Å². The first-order valence-electron chi connectivity index (χ1n) is 8.95. The third-order valence-corrected chi connectivity index (χ3v) is 5.85. The zero-order valence-electron chi connectivity index (χ0n) is 15.8. The molecular formula is C20H27N3O2S. The van der Waals surface area contributed by atoms with Crippen molar-refractivity contribution in [2.24, 2.45) is 0 Å². The van der Waals surface area contributed by atoms with E-state index in [1.807, 2.05) is 30.1 Å². The molecule has 5 nitrogen and oxygen atoms in total. The lowest BCUT2D eigenvalue weighted by Crippen LogP contribution is -2.51. The number of anilines is 1. The minimum Gasteiger partial charge on any atom is -0.495 e. The average Bonchev–Trinajstić information content (AvgIpc) is 3.06. The number of piperazine rings is 1. The second-order valence-corrected chi connectivity index (χ2v) is 7.74. The van der Waals surface area contributed by atoms with E-state index < -0.39 is 0 Å². The Bertz CT molecular complexity index is 738. The number of para-hydroxylation sites is 2. The first-order valence-corrected chi connectivity index (χ1v) is 9.83. The van der Waals surface area contributed by atoms with Gasteiger partial charge in [0.1, 0.15) is 5.75 Å². The first kappa shape index (κ1) is 18.7. The number of hydrogen-bond acceptors (Lipinski definition) is 5. The lowest BCUT2D eigenvalue weighted by Gasteiger charge is -2.37. The van der Waals surface area contributed by atoms with Crippen molar-refractivity contribution in [1.29, 1.82) is 0 Å². The fourth-order valence-corrected chi connectivity index (χ4v) is 4.27. The van der Waals surface area contributed by atoms with Gasteiger partial charge in [-0.15, -0.1) is 11.3 Å². The molecule has 1 fully saturated rings. The van der Waals surface area contributed by atoms with Gasteiger partial charge in [0.25, 0.3) is 0 Å². The minimum absolute atomic E-state index is 0.210. The third-order valence-electron chi connectivity index (χ3n) is 4.85. The fourth-order valence-electron chi connectivity index (χ4n) is 3.29. The molecule has 0 aliphatic carbocycles. The highest BCUT2D eigenvalue weighted by molar-refractivity contribution is 7.10. The molecule has 0 N–H and O–H groups in total. The number of carbonyl (C=O) groups is 1. The number of carbonyl (C=O) groups excluding carboxylic acids is 1. The van der Waals surface area contributed by atoms with Crippen molar-refractivity contribution in [3.05, 3.63) is 46.2 Å². The van der Waals surface area contributed by atoms with Gasteiger partial charge in [-0.1, -0.05) is 12.1 Å². The number of nitrogens with zero attached hydrogens (tertiary/aromatic N) is 3. The van der Waals surface area contributed by atoms with Gasteiger partial charge in [0, 0.05) is 37.6 Å². The maximum Gasteiger partial charge on any atom is 0.236 e. The van der Waals surface area contributed by atoms with Crippen LogP contribution in [0.15, 0.2) is 35.7 Å². The molecule has 1 saturated heterocycles. The maximum atomic E-state index is 12.6. The van der Waals surface area contributed by atoms with E-state index in [1.54, 1.807) is 18.4 Å². The molecule has 140 valence electrons. The molecule has 26 heavy (non-hydrogen) atoms. The normalized spacial score (nSPS) is 14.8. The minimum atomic E-state index is 0.210. The number of rotatable bonds is 6. The van der Waals surface area contributed by atoms with Gasteiger partial charge in [-0.3, -0.25) is 9.69 Å². The molecule has 0 saturated carbocycles. The molecule has 1 aliphatic heterocycles. The summed E-state index contributed by atoms with van der Waals surface area (Å²) in [7, 11) is 3.71. The van der Waals surface area contributed by atoms with Gasteiger partial charge < -0.3 is 14.5 Å². The molecule has 1 amide bonds. The maximum absolute atomic E-state index is 12.6. The number of benzene rings is 1. The molecule has 2 heterocycles. The highest BCUT2D eigenvalue weighted by Crippen LogP contribution is 2.28. The lowest BCUT2D eigenvalue weighted by atomic mass is 10.2. The Balaban J connectivity index is 1.51. The summed E-state index contributed by atoms with van der Waals surface area (Å²) in [6.07, 6.45) is 0. The van der Waals surface area contributed by atoms with Crippen molar-refractivity contribution in [3.63, 3.8) is 0 Å². The van der Waals surface area contributed by atoms with Gasteiger partial charge in [-0.05, 0) is 43.1 Å². The Labute approximate surface area is 159 Å². The molecule has 0 spiro atoms. The third kappa shape index (κ3) is 4.37. The zero-order chi connectivity index (χ0) is 18.5. The monoisotopic (exact) mass is 373 g/mol. The van der Waals surface area contributed by atoms with Crippen molar-refractivity contribution in [1.82, 2.24) is 9.80 Å². The number of thiophene rings is 1. The summed E-state index contributed by atoms with van der Waals surface area (Å²) in [5.74, 6) is 1.10. The zero-order valence-corrected chi connectivity index (χ0v) is 16.6. The number of amides is 1. The molecule has 0 radical (unpaired) electrons. The van der Waals surface area contributed by atoms with E-state index in [9.17, 15) is 4.79 Å². The quantitative estimate of drug-likeness (QED) is 0.780. The van der Waals surface area contributed by atoms with Crippen LogP contribution in [-0.4, -0.2) is 62.6 Å². The predicted octanol–water partition coefficient (Wildman–Crippen LogP) is 2.85. The topological polar surface area (TPSA) is 36.0 Å². The number of likely N-dealkylation sites (N-methyl/N-ethyl adjacent to an activating group) is 1. The Morgan fingerprint density at radius 2 is 1.92 bits per heavy atom. The standard InChI is InChI=1S/C20H27N3O2S/c1-16-8-13-26-19(16)14-21(2)15-20(24)23-11-9-22(10-12-23)17-6-4-5-7-18(17)25-3/h4-8,13H,9-12,14-15H2,1-3H3. The van der Waals surface area contributed by atoms with Crippen LogP contribution in [0.2, 0.25) is 0 Å². The van der Waals surface area contributed by atoms with E-state index in [0.717, 1.165) is 44.2 Å². The SMILES string of the molecule is COc1ccccc1N1CCN(C(=O)CN(C)Cc2sccc2C)CC1. The molecule has 1 aliphatic rings. The Morgan fingerprint density at radius 1 is 1.19 bits per heavy atom. The van der Waals surface area contributed by atoms with Crippen LogP contribution in [0.3, 0.4) is 0 Å². The van der Waals surface area contributed by atoms with Crippen LogP contribution in [0.5, 0.6) is 5.75 Å². The number of hydrogen-bond donors (Lipinski definition) is 0. The number of methoxy groups -OCH3 is 1. The molecule has 3 rings (SSSR count). The van der Waals surface area contributed by atoms with Crippen LogP contribution in [0, 0.1) is 6.92 Å². The van der Waals surface area contributed by atoms with E-state index in [-0.39, 0.29) is 5.91 Å². The largest absolute Gasteiger partial charge is 0.495 e. The molecule has 1 aromatic heterocycles.